The van der Waals surface area contributed by atoms with Crippen molar-refractivity contribution in [2.75, 3.05) is 0 Å². The van der Waals surface area contributed by atoms with Crippen LogP contribution in [0.25, 0.3) is 33.8 Å². The first-order chi connectivity index (χ1) is 19.0. The van der Waals surface area contributed by atoms with E-state index in [1.165, 1.54) is 9.13 Å². The minimum Gasteiger partial charge on any atom is -0.494 e. The Labute approximate surface area is 222 Å². The second-order valence-corrected chi connectivity index (χ2v) is 11.1. The summed E-state index contributed by atoms with van der Waals surface area (Å²) in [6.45, 7) is 0. The molecule has 0 aliphatic heterocycles. The van der Waals surface area contributed by atoms with Gasteiger partial charge in [0, 0.05) is 51.5 Å². The van der Waals surface area contributed by atoms with Crippen LogP contribution in [0.1, 0.15) is 58.8 Å². The van der Waals surface area contributed by atoms with Crippen molar-refractivity contribution in [2.24, 2.45) is 0 Å². The Kier molecular flexibility index (Phi) is 3.77. The summed E-state index contributed by atoms with van der Waals surface area (Å²) in [5, 5.41) is 43.8. The molecule has 0 spiro atoms. The summed E-state index contributed by atoms with van der Waals surface area (Å²) < 4.78 is 3.03. The van der Waals surface area contributed by atoms with Crippen LogP contribution in [0.15, 0.2) is 66.8 Å². The zero-order valence-corrected chi connectivity index (χ0v) is 20.7. The van der Waals surface area contributed by atoms with Crippen molar-refractivity contribution in [1.29, 1.82) is 0 Å². The first kappa shape index (κ1) is 21.1. The molecule has 4 bridgehead atoms. The molecule has 4 atom stereocenters. The van der Waals surface area contributed by atoms with Crippen molar-refractivity contribution in [3.8, 4) is 46.3 Å². The first-order valence-corrected chi connectivity index (χ1v) is 13.3. The Bertz CT molecular complexity index is 1870. The lowest BCUT2D eigenvalue weighted by molar-refractivity contribution is 0.394. The van der Waals surface area contributed by atoms with Crippen LogP contribution in [0.2, 0.25) is 0 Å². The lowest BCUT2D eigenvalue weighted by Crippen LogP contribution is -1.95. The van der Waals surface area contributed by atoms with Gasteiger partial charge in [0.15, 0.2) is 0 Å². The Morgan fingerprint density at radius 3 is 1.59 bits per heavy atom. The van der Waals surface area contributed by atoms with E-state index in [-0.39, 0.29) is 47.2 Å². The SMILES string of the molecule is Oc1c2c(c(O)n1-c1ccc(-c3nc4ccc(-n5c(O)c6c(c5O)C5C=CC6C5)cc4[nH]3)cc1)C1C=CC2C1. The molecule has 4 aliphatic rings. The fourth-order valence-electron chi connectivity index (χ4n) is 7.41. The normalized spacial score (nSPS) is 23.4. The third-order valence-corrected chi connectivity index (χ3v) is 9.16. The quantitative estimate of drug-likeness (QED) is 0.191. The van der Waals surface area contributed by atoms with Crippen LogP contribution in [-0.4, -0.2) is 39.5 Å². The van der Waals surface area contributed by atoms with Crippen LogP contribution in [-0.2, 0) is 0 Å². The highest BCUT2D eigenvalue weighted by atomic mass is 16.3. The number of nitrogens with zero attached hydrogens (tertiary/aromatic N) is 3. The van der Waals surface area contributed by atoms with Crippen molar-refractivity contribution in [2.45, 2.75) is 36.5 Å². The molecule has 4 unspecified atom stereocenters. The summed E-state index contributed by atoms with van der Waals surface area (Å²) in [4.78, 5) is 8.10. The number of hydrogen-bond donors (Lipinski definition) is 5. The van der Waals surface area contributed by atoms with Gasteiger partial charge in [-0.1, -0.05) is 24.3 Å². The molecule has 5 aromatic rings. The van der Waals surface area contributed by atoms with Gasteiger partial charge >= 0.3 is 0 Å². The van der Waals surface area contributed by atoms with Gasteiger partial charge in [-0.2, -0.15) is 0 Å². The van der Waals surface area contributed by atoms with Gasteiger partial charge in [-0.3, -0.25) is 9.13 Å². The minimum absolute atomic E-state index is 0.0975. The Morgan fingerprint density at radius 1 is 0.615 bits per heavy atom. The number of imidazole rings is 1. The van der Waals surface area contributed by atoms with Gasteiger partial charge in [0.2, 0.25) is 23.5 Å². The van der Waals surface area contributed by atoms with Gasteiger partial charge in [0.05, 0.1) is 22.4 Å². The molecule has 3 aromatic heterocycles. The standard InChI is InChI=1S/C31H24N4O4/c36-28-23-15-1-2-16(11-15)24(23)29(37)34(28)19-7-5-14(6-8-19)27-32-21-10-9-20(13-22(21)33-27)35-30(38)25-17-3-4-18(12-17)26(25)31(35)39/h1-10,13,15-18,36-39H,11-12H2,(H,32,33). The summed E-state index contributed by atoms with van der Waals surface area (Å²) in [6, 6.07) is 13.1. The molecule has 0 amide bonds. The highest BCUT2D eigenvalue weighted by Gasteiger charge is 2.42. The van der Waals surface area contributed by atoms with Gasteiger partial charge < -0.3 is 25.4 Å². The molecular formula is C31H24N4O4. The molecule has 0 saturated heterocycles. The molecule has 9 rings (SSSR count). The lowest BCUT2D eigenvalue weighted by Gasteiger charge is -2.10. The monoisotopic (exact) mass is 516 g/mol. The summed E-state index contributed by atoms with van der Waals surface area (Å²) in [5.41, 5.74) is 7.07. The predicted octanol–water partition coefficient (Wildman–Crippen LogP) is 5.92. The third-order valence-electron chi connectivity index (χ3n) is 9.16. The maximum atomic E-state index is 11.0. The maximum absolute atomic E-state index is 11.0. The van der Waals surface area contributed by atoms with E-state index in [0.717, 1.165) is 51.7 Å². The molecule has 39 heavy (non-hydrogen) atoms. The van der Waals surface area contributed by atoms with Gasteiger partial charge in [-0.25, -0.2) is 4.98 Å². The number of H-pyrrole nitrogens is 1. The van der Waals surface area contributed by atoms with Gasteiger partial charge in [0.25, 0.3) is 0 Å². The average molecular weight is 517 g/mol. The summed E-state index contributed by atoms with van der Waals surface area (Å²) in [6.07, 6.45) is 10.3. The molecule has 0 saturated carbocycles. The van der Waals surface area contributed by atoms with Crippen LogP contribution in [0.5, 0.6) is 23.5 Å². The van der Waals surface area contributed by atoms with E-state index in [4.69, 9.17) is 4.98 Å². The summed E-state index contributed by atoms with van der Waals surface area (Å²) >= 11 is 0. The minimum atomic E-state index is 0.0975. The van der Waals surface area contributed by atoms with E-state index in [9.17, 15) is 20.4 Å². The highest BCUT2D eigenvalue weighted by Crippen LogP contribution is 2.58. The zero-order chi connectivity index (χ0) is 26.2. The molecule has 2 aromatic carbocycles. The van der Waals surface area contributed by atoms with Crippen LogP contribution < -0.4 is 0 Å². The fraction of sp³-hybridized carbons (Fsp3) is 0.194. The van der Waals surface area contributed by atoms with Crippen LogP contribution in [0.3, 0.4) is 0 Å². The summed E-state index contributed by atoms with van der Waals surface area (Å²) in [7, 11) is 0. The third kappa shape index (κ3) is 2.56. The number of aromatic nitrogens is 4. The number of rotatable bonds is 3. The number of hydrogen-bond acceptors (Lipinski definition) is 5. The van der Waals surface area contributed by atoms with Crippen LogP contribution in [0, 0.1) is 0 Å². The second-order valence-electron chi connectivity index (χ2n) is 11.1. The Morgan fingerprint density at radius 2 is 1.08 bits per heavy atom. The van der Waals surface area contributed by atoms with E-state index in [1.54, 1.807) is 0 Å². The van der Waals surface area contributed by atoms with E-state index in [0.29, 0.717) is 17.2 Å². The Balaban J connectivity index is 1.07. The number of allylic oxidation sites excluding steroid dienone is 4. The molecule has 4 aliphatic carbocycles. The topological polar surface area (TPSA) is 119 Å². The van der Waals surface area contributed by atoms with E-state index in [1.807, 2.05) is 42.5 Å². The van der Waals surface area contributed by atoms with Crippen molar-refractivity contribution in [3.05, 3.63) is 89.0 Å². The maximum Gasteiger partial charge on any atom is 0.202 e. The molecule has 5 N–H and O–H groups in total. The van der Waals surface area contributed by atoms with Gasteiger partial charge in [-0.15, -0.1) is 0 Å². The van der Waals surface area contributed by atoms with Crippen LogP contribution >= 0.6 is 0 Å². The number of nitrogens with one attached hydrogen (secondary N) is 1. The number of aromatic hydroxyl groups is 4. The molecule has 3 heterocycles. The molecular weight excluding hydrogens is 492 g/mol. The summed E-state index contributed by atoms with van der Waals surface area (Å²) in [5.74, 6) is 1.73. The van der Waals surface area contributed by atoms with Crippen molar-refractivity contribution in [1.82, 2.24) is 19.1 Å². The lowest BCUT2D eigenvalue weighted by atomic mass is 10.0. The van der Waals surface area contributed by atoms with Gasteiger partial charge in [-0.05, 0) is 55.3 Å². The number of aromatic amines is 1. The number of benzene rings is 2. The smallest absolute Gasteiger partial charge is 0.202 e. The van der Waals surface area contributed by atoms with Crippen LogP contribution in [0.4, 0.5) is 0 Å². The predicted molar refractivity (Wildman–Crippen MR) is 145 cm³/mol. The van der Waals surface area contributed by atoms with Crippen molar-refractivity contribution in [3.63, 3.8) is 0 Å². The molecule has 8 nitrogen and oxygen atoms in total. The molecule has 0 radical (unpaired) electrons. The highest BCUT2D eigenvalue weighted by molar-refractivity contribution is 5.82. The van der Waals surface area contributed by atoms with E-state index in [2.05, 4.69) is 29.3 Å². The van der Waals surface area contributed by atoms with Gasteiger partial charge in [0.1, 0.15) is 5.82 Å². The average Bonchev–Trinajstić information content (AvgIpc) is 3.79. The second kappa shape index (κ2) is 6.96. The molecule has 8 heteroatoms. The van der Waals surface area contributed by atoms with E-state index >= 15 is 0 Å². The number of fused-ring (bicyclic) bond motifs is 11. The fourth-order valence-corrected chi connectivity index (χ4v) is 7.41. The van der Waals surface area contributed by atoms with Crippen molar-refractivity contribution < 1.29 is 20.4 Å². The first-order valence-electron chi connectivity index (χ1n) is 13.3. The zero-order valence-electron chi connectivity index (χ0n) is 20.7. The Hall–Kier alpha value is -4.85. The largest absolute Gasteiger partial charge is 0.494 e. The molecule has 0 fully saturated rings. The molecule has 192 valence electrons. The van der Waals surface area contributed by atoms with Crippen molar-refractivity contribution >= 4 is 11.0 Å². The van der Waals surface area contributed by atoms with E-state index < -0.39 is 0 Å².